The molecule has 0 aliphatic carbocycles. The summed E-state index contributed by atoms with van der Waals surface area (Å²) in [5.74, 6) is 0. The van der Waals surface area contributed by atoms with Gasteiger partial charge in [-0.15, -0.1) is 0 Å². The Morgan fingerprint density at radius 2 is 2.00 bits per heavy atom. The van der Waals surface area contributed by atoms with Gasteiger partial charge in [0.2, 0.25) is 0 Å². The van der Waals surface area contributed by atoms with Gasteiger partial charge >= 0.3 is 0 Å². The van der Waals surface area contributed by atoms with Crippen molar-refractivity contribution in [1.82, 2.24) is 5.32 Å². The van der Waals surface area contributed by atoms with Gasteiger partial charge in [0.05, 0.1) is 6.10 Å². The number of benzene rings is 1. The molecule has 1 unspecified atom stereocenters. The summed E-state index contributed by atoms with van der Waals surface area (Å²) in [5.41, 5.74) is 2.29. The minimum absolute atomic E-state index is 0.383. The topological polar surface area (TPSA) is 32.3 Å². The first-order valence-electron chi connectivity index (χ1n) is 5.26. The third kappa shape index (κ3) is 2.82. The molecule has 0 saturated heterocycles. The summed E-state index contributed by atoms with van der Waals surface area (Å²) in [6.07, 6.45) is 0.588. The fourth-order valence-electron chi connectivity index (χ4n) is 1.57. The quantitative estimate of drug-likeness (QED) is 0.748. The van der Waals surface area contributed by atoms with Crippen LogP contribution in [0.1, 0.15) is 31.1 Å². The highest BCUT2D eigenvalue weighted by atomic mass is 16.3. The van der Waals surface area contributed by atoms with Gasteiger partial charge in [-0.05, 0) is 24.1 Å². The van der Waals surface area contributed by atoms with Crippen molar-refractivity contribution in [2.45, 2.75) is 26.4 Å². The lowest BCUT2D eigenvalue weighted by Gasteiger charge is -2.14. The number of hydrogen-bond acceptors (Lipinski definition) is 2. The Kier molecular flexibility index (Phi) is 4.63. The molecule has 78 valence electrons. The van der Waals surface area contributed by atoms with E-state index < -0.39 is 0 Å². The van der Waals surface area contributed by atoms with Crippen LogP contribution in [-0.2, 0) is 6.42 Å². The van der Waals surface area contributed by atoms with Gasteiger partial charge in [-0.25, -0.2) is 0 Å². The highest BCUT2D eigenvalue weighted by molar-refractivity contribution is 5.29. The van der Waals surface area contributed by atoms with E-state index in [2.05, 4.69) is 18.3 Å². The van der Waals surface area contributed by atoms with Crippen molar-refractivity contribution in [3.8, 4) is 0 Å². The largest absolute Gasteiger partial charge is 0.387 e. The number of likely N-dealkylation sites (N-methyl/N-ethyl adjacent to an activating group) is 1. The van der Waals surface area contributed by atoms with Gasteiger partial charge in [-0.3, -0.25) is 0 Å². The van der Waals surface area contributed by atoms with E-state index in [0.717, 1.165) is 18.5 Å². The smallest absolute Gasteiger partial charge is 0.0917 e. The fourth-order valence-corrected chi connectivity index (χ4v) is 1.57. The zero-order valence-corrected chi connectivity index (χ0v) is 8.96. The van der Waals surface area contributed by atoms with Crippen LogP contribution >= 0.6 is 0 Å². The third-order valence-electron chi connectivity index (χ3n) is 2.38. The molecule has 0 saturated carbocycles. The molecule has 2 N–H and O–H groups in total. The zero-order valence-electron chi connectivity index (χ0n) is 8.96. The molecule has 2 heteroatoms. The number of aliphatic hydroxyl groups excluding tert-OH is 1. The third-order valence-corrected chi connectivity index (χ3v) is 2.38. The number of rotatable bonds is 5. The van der Waals surface area contributed by atoms with Gasteiger partial charge < -0.3 is 10.4 Å². The number of nitrogens with one attached hydrogen (secondary N) is 1. The molecule has 1 aromatic carbocycles. The maximum absolute atomic E-state index is 9.90. The van der Waals surface area contributed by atoms with Gasteiger partial charge in [0, 0.05) is 6.54 Å². The molecule has 1 aromatic rings. The van der Waals surface area contributed by atoms with Crippen LogP contribution in [0, 0.1) is 0 Å². The maximum atomic E-state index is 9.90. The summed E-state index contributed by atoms with van der Waals surface area (Å²) in [6, 6.07) is 8.07. The van der Waals surface area contributed by atoms with Crippen molar-refractivity contribution in [3.05, 3.63) is 35.4 Å². The number of aryl methyl sites for hydroxylation is 1. The van der Waals surface area contributed by atoms with E-state index in [1.54, 1.807) is 0 Å². The van der Waals surface area contributed by atoms with Crippen molar-refractivity contribution in [3.63, 3.8) is 0 Å². The highest BCUT2D eigenvalue weighted by Crippen LogP contribution is 2.17. The standard InChI is InChI=1S/C12H19NO/c1-3-10-7-5-6-8-11(10)12(14)9-13-4-2/h5-8,12-14H,3-4,9H2,1-2H3. The van der Waals surface area contributed by atoms with Crippen LogP contribution in [-0.4, -0.2) is 18.2 Å². The lowest BCUT2D eigenvalue weighted by molar-refractivity contribution is 0.174. The SMILES string of the molecule is CCNCC(O)c1ccccc1CC. The second-order valence-electron chi connectivity index (χ2n) is 3.38. The monoisotopic (exact) mass is 193 g/mol. The number of hydrogen-bond donors (Lipinski definition) is 2. The van der Waals surface area contributed by atoms with Crippen LogP contribution in [0.5, 0.6) is 0 Å². The summed E-state index contributed by atoms with van der Waals surface area (Å²) >= 11 is 0. The Hall–Kier alpha value is -0.860. The van der Waals surface area contributed by atoms with Gasteiger partial charge in [0.15, 0.2) is 0 Å². The second-order valence-corrected chi connectivity index (χ2v) is 3.38. The van der Waals surface area contributed by atoms with E-state index in [0.29, 0.717) is 6.54 Å². The Morgan fingerprint density at radius 1 is 1.29 bits per heavy atom. The molecule has 0 aliphatic heterocycles. The van der Waals surface area contributed by atoms with Crippen LogP contribution in [0.2, 0.25) is 0 Å². The summed E-state index contributed by atoms with van der Waals surface area (Å²) in [5, 5.41) is 13.0. The first-order chi connectivity index (χ1) is 6.79. The first kappa shape index (κ1) is 11.2. The molecule has 2 nitrogen and oxygen atoms in total. The summed E-state index contributed by atoms with van der Waals surface area (Å²) < 4.78 is 0. The first-order valence-corrected chi connectivity index (χ1v) is 5.26. The lowest BCUT2D eigenvalue weighted by atomic mass is 10.0. The van der Waals surface area contributed by atoms with E-state index in [4.69, 9.17) is 0 Å². The molecule has 0 radical (unpaired) electrons. The molecular formula is C12H19NO. The van der Waals surface area contributed by atoms with Gasteiger partial charge in [-0.2, -0.15) is 0 Å². The van der Waals surface area contributed by atoms with Crippen LogP contribution in [0.25, 0.3) is 0 Å². The van der Waals surface area contributed by atoms with E-state index in [1.165, 1.54) is 5.56 Å². The molecule has 14 heavy (non-hydrogen) atoms. The van der Waals surface area contributed by atoms with Crippen molar-refractivity contribution in [2.75, 3.05) is 13.1 Å². The Morgan fingerprint density at radius 3 is 2.64 bits per heavy atom. The Labute approximate surface area is 86.0 Å². The van der Waals surface area contributed by atoms with E-state index in [-0.39, 0.29) is 6.10 Å². The van der Waals surface area contributed by atoms with Crippen LogP contribution < -0.4 is 5.32 Å². The Balaban J connectivity index is 2.72. The van der Waals surface area contributed by atoms with Crippen molar-refractivity contribution >= 4 is 0 Å². The lowest BCUT2D eigenvalue weighted by Crippen LogP contribution is -2.21. The molecule has 0 spiro atoms. The summed E-state index contributed by atoms with van der Waals surface area (Å²) in [7, 11) is 0. The zero-order chi connectivity index (χ0) is 10.4. The van der Waals surface area contributed by atoms with Crippen LogP contribution in [0.4, 0.5) is 0 Å². The molecular weight excluding hydrogens is 174 g/mol. The van der Waals surface area contributed by atoms with E-state index >= 15 is 0 Å². The molecule has 0 aromatic heterocycles. The highest BCUT2D eigenvalue weighted by Gasteiger charge is 2.09. The maximum Gasteiger partial charge on any atom is 0.0917 e. The normalized spacial score (nSPS) is 12.8. The molecule has 0 fully saturated rings. The minimum Gasteiger partial charge on any atom is -0.387 e. The average molecular weight is 193 g/mol. The molecule has 1 atom stereocenters. The van der Waals surface area contributed by atoms with Crippen molar-refractivity contribution < 1.29 is 5.11 Å². The van der Waals surface area contributed by atoms with Crippen molar-refractivity contribution in [2.24, 2.45) is 0 Å². The molecule has 0 heterocycles. The Bertz CT molecular complexity index is 273. The number of aliphatic hydroxyl groups is 1. The predicted molar refractivity (Wildman–Crippen MR) is 59.3 cm³/mol. The minimum atomic E-state index is -0.383. The molecule has 0 bridgehead atoms. The molecule has 0 amide bonds. The van der Waals surface area contributed by atoms with Gasteiger partial charge in [0.25, 0.3) is 0 Å². The summed E-state index contributed by atoms with van der Waals surface area (Å²) in [6.45, 7) is 5.68. The fraction of sp³-hybridized carbons (Fsp3) is 0.500. The summed E-state index contributed by atoms with van der Waals surface area (Å²) in [4.78, 5) is 0. The second kappa shape index (κ2) is 5.78. The van der Waals surface area contributed by atoms with Crippen molar-refractivity contribution in [1.29, 1.82) is 0 Å². The van der Waals surface area contributed by atoms with E-state index in [1.807, 2.05) is 25.1 Å². The van der Waals surface area contributed by atoms with Crippen LogP contribution in [0.15, 0.2) is 24.3 Å². The van der Waals surface area contributed by atoms with E-state index in [9.17, 15) is 5.11 Å². The predicted octanol–water partition coefficient (Wildman–Crippen LogP) is 1.89. The van der Waals surface area contributed by atoms with Crippen LogP contribution in [0.3, 0.4) is 0 Å². The van der Waals surface area contributed by atoms with Gasteiger partial charge in [-0.1, -0.05) is 38.1 Å². The molecule has 1 rings (SSSR count). The molecule has 0 aliphatic rings. The average Bonchev–Trinajstić information content (AvgIpc) is 2.25. The van der Waals surface area contributed by atoms with Gasteiger partial charge in [0.1, 0.15) is 0 Å².